The quantitative estimate of drug-likeness (QED) is 0.769. The van der Waals surface area contributed by atoms with Crippen molar-refractivity contribution in [3.8, 4) is 11.3 Å². The number of nitrogens with zero attached hydrogens (tertiary/aromatic N) is 2. The Bertz CT molecular complexity index is 508. The fourth-order valence-electron chi connectivity index (χ4n) is 1.29. The molecule has 0 radical (unpaired) electrons. The van der Waals surface area contributed by atoms with E-state index in [1.54, 1.807) is 0 Å². The summed E-state index contributed by atoms with van der Waals surface area (Å²) in [5.74, 6) is 0. The van der Waals surface area contributed by atoms with Crippen LogP contribution in [-0.4, -0.2) is 10.2 Å². The average molecular weight is 259 g/mol. The minimum Gasteiger partial charge on any atom is -0.149 e. The van der Waals surface area contributed by atoms with E-state index in [9.17, 15) is 0 Å². The Morgan fingerprint density at radius 1 is 1.13 bits per heavy atom. The van der Waals surface area contributed by atoms with Gasteiger partial charge in [-0.25, -0.2) is 0 Å². The van der Waals surface area contributed by atoms with Crippen LogP contribution in [0.25, 0.3) is 11.3 Å². The van der Waals surface area contributed by atoms with Crippen molar-refractivity contribution >= 4 is 34.5 Å². The smallest absolute Gasteiger partial charge is 0.149 e. The van der Waals surface area contributed by atoms with Crippen LogP contribution in [0.4, 0.5) is 0 Å². The topological polar surface area (TPSA) is 25.8 Å². The number of thiophene rings is 1. The molecule has 0 amide bonds. The van der Waals surface area contributed by atoms with E-state index in [4.69, 9.17) is 23.2 Å². The van der Waals surface area contributed by atoms with Gasteiger partial charge in [0.2, 0.25) is 0 Å². The van der Waals surface area contributed by atoms with Crippen LogP contribution in [-0.2, 0) is 0 Å². The summed E-state index contributed by atoms with van der Waals surface area (Å²) in [5.41, 5.74) is 3.70. The van der Waals surface area contributed by atoms with Crippen molar-refractivity contribution in [2.24, 2.45) is 0 Å². The third-order valence-electron chi connectivity index (χ3n) is 2.34. The molecular weight excluding hydrogens is 251 g/mol. The number of hydrogen-bond donors (Lipinski definition) is 0. The van der Waals surface area contributed by atoms with Crippen LogP contribution in [0.2, 0.25) is 9.49 Å². The maximum absolute atomic E-state index is 6.06. The van der Waals surface area contributed by atoms with E-state index in [1.807, 2.05) is 25.3 Å². The van der Waals surface area contributed by atoms with Crippen LogP contribution in [0.1, 0.15) is 11.1 Å². The summed E-state index contributed by atoms with van der Waals surface area (Å²) in [4.78, 5) is 0. The predicted molar refractivity (Wildman–Crippen MR) is 64.8 cm³/mol. The van der Waals surface area contributed by atoms with E-state index in [-0.39, 0.29) is 0 Å². The second-order valence-electron chi connectivity index (χ2n) is 3.20. The van der Waals surface area contributed by atoms with Crippen LogP contribution in [0.15, 0.2) is 11.4 Å². The zero-order chi connectivity index (χ0) is 11.0. The van der Waals surface area contributed by atoms with E-state index in [0.29, 0.717) is 5.15 Å². The number of halogens is 2. The van der Waals surface area contributed by atoms with Crippen molar-refractivity contribution in [2.45, 2.75) is 13.8 Å². The molecule has 0 saturated heterocycles. The molecule has 0 unspecified atom stereocenters. The molecule has 5 heteroatoms. The Labute approximate surface area is 102 Å². The second kappa shape index (κ2) is 4.08. The SMILES string of the molecule is Cc1c(Cl)nnc(-c2ccsc2Cl)c1C. The Kier molecular flexibility index (Phi) is 2.96. The third kappa shape index (κ3) is 1.87. The fourth-order valence-corrected chi connectivity index (χ4v) is 2.40. The van der Waals surface area contributed by atoms with E-state index in [0.717, 1.165) is 26.7 Å². The van der Waals surface area contributed by atoms with Crippen molar-refractivity contribution in [1.82, 2.24) is 10.2 Å². The van der Waals surface area contributed by atoms with Gasteiger partial charge in [-0.05, 0) is 36.4 Å². The summed E-state index contributed by atoms with van der Waals surface area (Å²) in [6.45, 7) is 3.90. The van der Waals surface area contributed by atoms with Crippen molar-refractivity contribution in [3.05, 3.63) is 32.1 Å². The van der Waals surface area contributed by atoms with Crippen LogP contribution < -0.4 is 0 Å². The molecule has 78 valence electrons. The zero-order valence-electron chi connectivity index (χ0n) is 8.21. The van der Waals surface area contributed by atoms with Crippen LogP contribution in [0, 0.1) is 13.8 Å². The lowest BCUT2D eigenvalue weighted by atomic mass is 10.1. The number of rotatable bonds is 1. The van der Waals surface area contributed by atoms with Gasteiger partial charge in [-0.15, -0.1) is 21.5 Å². The minimum atomic E-state index is 0.447. The van der Waals surface area contributed by atoms with Gasteiger partial charge in [0.25, 0.3) is 0 Å². The largest absolute Gasteiger partial charge is 0.154 e. The van der Waals surface area contributed by atoms with Crippen LogP contribution in [0.3, 0.4) is 0 Å². The highest BCUT2D eigenvalue weighted by Crippen LogP contribution is 2.34. The summed E-state index contributed by atoms with van der Waals surface area (Å²) in [6, 6.07) is 1.94. The molecule has 0 aromatic carbocycles. The van der Waals surface area contributed by atoms with Crippen LogP contribution in [0.5, 0.6) is 0 Å². The molecule has 0 aliphatic heterocycles. The molecule has 2 aromatic rings. The first-order chi connectivity index (χ1) is 7.11. The summed E-state index contributed by atoms with van der Waals surface area (Å²) >= 11 is 13.4. The first-order valence-corrected chi connectivity index (χ1v) is 5.97. The lowest BCUT2D eigenvalue weighted by Gasteiger charge is -2.06. The van der Waals surface area contributed by atoms with Crippen LogP contribution >= 0.6 is 34.5 Å². The highest BCUT2D eigenvalue weighted by atomic mass is 35.5. The Morgan fingerprint density at radius 2 is 1.87 bits per heavy atom. The number of aromatic nitrogens is 2. The standard InChI is InChI=1S/C10H8Cl2N2S/c1-5-6(2)9(11)14-13-8(5)7-3-4-15-10(7)12/h3-4H,1-2H3. The molecule has 15 heavy (non-hydrogen) atoms. The fraction of sp³-hybridized carbons (Fsp3) is 0.200. The molecule has 0 aliphatic carbocycles. The van der Waals surface area contributed by atoms with Gasteiger partial charge >= 0.3 is 0 Å². The van der Waals surface area contributed by atoms with Gasteiger partial charge in [-0.1, -0.05) is 23.2 Å². The maximum Gasteiger partial charge on any atom is 0.154 e. The first kappa shape index (κ1) is 10.9. The Morgan fingerprint density at radius 3 is 2.47 bits per heavy atom. The molecular formula is C10H8Cl2N2S. The second-order valence-corrected chi connectivity index (χ2v) is 5.07. The first-order valence-electron chi connectivity index (χ1n) is 4.34. The summed E-state index contributed by atoms with van der Waals surface area (Å²) in [5, 5.41) is 10.4. The lowest BCUT2D eigenvalue weighted by molar-refractivity contribution is 1.00. The summed E-state index contributed by atoms with van der Waals surface area (Å²) < 4.78 is 0.731. The van der Waals surface area contributed by atoms with E-state index < -0.39 is 0 Å². The van der Waals surface area contributed by atoms with E-state index in [1.165, 1.54) is 11.3 Å². The molecule has 2 nitrogen and oxygen atoms in total. The molecule has 0 saturated carbocycles. The number of hydrogen-bond acceptors (Lipinski definition) is 3. The summed E-state index contributed by atoms with van der Waals surface area (Å²) in [6.07, 6.45) is 0. The molecule has 0 bridgehead atoms. The van der Waals surface area contributed by atoms with Gasteiger partial charge in [-0.3, -0.25) is 0 Å². The molecule has 2 rings (SSSR count). The molecule has 0 N–H and O–H groups in total. The van der Waals surface area contributed by atoms with Crippen molar-refractivity contribution in [3.63, 3.8) is 0 Å². The molecule has 0 spiro atoms. The van der Waals surface area contributed by atoms with Gasteiger partial charge in [-0.2, -0.15) is 0 Å². The molecule has 0 aliphatic rings. The molecule has 2 heterocycles. The highest BCUT2D eigenvalue weighted by Gasteiger charge is 2.13. The van der Waals surface area contributed by atoms with Crippen molar-refractivity contribution in [2.75, 3.05) is 0 Å². The Balaban J connectivity index is 2.65. The molecule has 2 aromatic heterocycles. The third-order valence-corrected chi connectivity index (χ3v) is 3.87. The maximum atomic E-state index is 6.06. The average Bonchev–Trinajstić information content (AvgIpc) is 2.62. The van der Waals surface area contributed by atoms with Gasteiger partial charge in [0.1, 0.15) is 4.34 Å². The van der Waals surface area contributed by atoms with Crippen molar-refractivity contribution < 1.29 is 0 Å². The molecule has 0 fully saturated rings. The lowest BCUT2D eigenvalue weighted by Crippen LogP contribution is -1.95. The minimum absolute atomic E-state index is 0.447. The van der Waals surface area contributed by atoms with E-state index >= 15 is 0 Å². The highest BCUT2D eigenvalue weighted by molar-refractivity contribution is 7.15. The molecule has 0 atom stereocenters. The van der Waals surface area contributed by atoms with Gasteiger partial charge in [0.05, 0.1) is 5.69 Å². The van der Waals surface area contributed by atoms with E-state index in [2.05, 4.69) is 10.2 Å². The predicted octanol–water partition coefficient (Wildman–Crippen LogP) is 4.13. The van der Waals surface area contributed by atoms with Gasteiger partial charge in [0, 0.05) is 5.56 Å². The Hall–Kier alpha value is -0.640. The summed E-state index contributed by atoms with van der Waals surface area (Å²) in [7, 11) is 0. The normalized spacial score (nSPS) is 10.7. The zero-order valence-corrected chi connectivity index (χ0v) is 10.5. The monoisotopic (exact) mass is 258 g/mol. The van der Waals surface area contributed by atoms with Crippen molar-refractivity contribution in [1.29, 1.82) is 0 Å². The van der Waals surface area contributed by atoms with Gasteiger partial charge < -0.3 is 0 Å². The van der Waals surface area contributed by atoms with Gasteiger partial charge in [0.15, 0.2) is 5.15 Å².